The van der Waals surface area contributed by atoms with E-state index in [1.54, 1.807) is 7.11 Å². The van der Waals surface area contributed by atoms with Gasteiger partial charge in [-0.15, -0.1) is 11.3 Å². The largest absolute Gasteiger partial charge is 0.496 e. The van der Waals surface area contributed by atoms with Gasteiger partial charge in [-0.1, -0.05) is 12.1 Å². The van der Waals surface area contributed by atoms with E-state index in [9.17, 15) is 17.6 Å². The van der Waals surface area contributed by atoms with Crippen molar-refractivity contribution in [2.24, 2.45) is 5.92 Å². The lowest BCUT2D eigenvalue weighted by molar-refractivity contribution is -0.120. The maximum Gasteiger partial charge on any atom is 0.243 e. The average Bonchev–Trinajstić information content (AvgIpc) is 3.27. The molecule has 1 N–H and O–H groups in total. The Balaban J connectivity index is 1.45. The number of methoxy groups -OCH3 is 1. The molecule has 32 heavy (non-hydrogen) atoms. The number of halogens is 1. The van der Waals surface area contributed by atoms with Crippen LogP contribution in [0.5, 0.6) is 5.75 Å². The van der Waals surface area contributed by atoms with Crippen molar-refractivity contribution in [1.82, 2.24) is 9.29 Å². The van der Waals surface area contributed by atoms with Gasteiger partial charge in [-0.25, -0.2) is 17.8 Å². The molecule has 1 saturated heterocycles. The lowest BCUT2D eigenvalue weighted by atomic mass is 9.99. The lowest BCUT2D eigenvalue weighted by Crippen LogP contribution is -2.43. The van der Waals surface area contributed by atoms with Gasteiger partial charge in [0.1, 0.15) is 11.6 Å². The topological polar surface area (TPSA) is 88.6 Å². The molecule has 4 rings (SSSR count). The smallest absolute Gasteiger partial charge is 0.243 e. The van der Waals surface area contributed by atoms with Gasteiger partial charge >= 0.3 is 0 Å². The summed E-state index contributed by atoms with van der Waals surface area (Å²) in [5.74, 6) is -0.595. The molecular formula is C22H22FN3O4S2. The van der Waals surface area contributed by atoms with Crippen LogP contribution in [0.1, 0.15) is 12.8 Å². The number of carbonyl (C=O) groups is 1. The normalized spacial score (nSPS) is 17.1. The van der Waals surface area contributed by atoms with Crippen LogP contribution in [0.2, 0.25) is 0 Å². The van der Waals surface area contributed by atoms with Gasteiger partial charge in [-0.3, -0.25) is 4.79 Å². The Morgan fingerprint density at radius 1 is 1.22 bits per heavy atom. The number of sulfonamides is 1. The van der Waals surface area contributed by atoms with Crippen molar-refractivity contribution in [2.45, 2.75) is 17.7 Å². The Hall–Kier alpha value is -2.82. The van der Waals surface area contributed by atoms with Gasteiger partial charge in [-0.2, -0.15) is 4.31 Å². The average molecular weight is 476 g/mol. The summed E-state index contributed by atoms with van der Waals surface area (Å²) in [6.45, 7) is 0.384. The molecule has 0 spiro atoms. The van der Waals surface area contributed by atoms with Gasteiger partial charge in [0.2, 0.25) is 15.9 Å². The third-order valence-electron chi connectivity index (χ3n) is 5.32. The minimum atomic E-state index is -3.80. The second-order valence-corrected chi connectivity index (χ2v) is 10.2. The SMILES string of the molecule is COc1ccccc1-c1csc(NC(=O)C2CCCN(S(=O)(=O)c3ccc(F)cc3)C2)n1. The number of aromatic nitrogens is 1. The number of amides is 1. The number of hydrogen-bond acceptors (Lipinski definition) is 6. The molecule has 1 unspecified atom stereocenters. The van der Waals surface area contributed by atoms with Crippen LogP contribution in [-0.2, 0) is 14.8 Å². The summed E-state index contributed by atoms with van der Waals surface area (Å²) in [7, 11) is -2.21. The number of carbonyl (C=O) groups excluding carboxylic acids is 1. The van der Waals surface area contributed by atoms with Crippen molar-refractivity contribution >= 4 is 32.4 Å². The van der Waals surface area contributed by atoms with Crippen LogP contribution in [0, 0.1) is 11.7 Å². The van der Waals surface area contributed by atoms with Crippen molar-refractivity contribution in [1.29, 1.82) is 0 Å². The fourth-order valence-corrected chi connectivity index (χ4v) is 5.89. The molecule has 168 valence electrons. The van der Waals surface area contributed by atoms with Crippen LogP contribution in [0.3, 0.4) is 0 Å². The highest BCUT2D eigenvalue weighted by Crippen LogP contribution is 2.32. The Kier molecular flexibility index (Phi) is 6.54. The molecule has 1 amide bonds. The van der Waals surface area contributed by atoms with Gasteiger partial charge in [0.25, 0.3) is 0 Å². The van der Waals surface area contributed by atoms with Crippen LogP contribution in [0.4, 0.5) is 9.52 Å². The zero-order chi connectivity index (χ0) is 22.7. The molecule has 3 aromatic rings. The predicted octanol–water partition coefficient (Wildman–Crippen LogP) is 4.00. The van der Waals surface area contributed by atoms with Gasteiger partial charge in [0.05, 0.1) is 23.6 Å². The number of nitrogens with zero attached hydrogens (tertiary/aromatic N) is 2. The van der Waals surface area contributed by atoms with Crippen LogP contribution in [0.25, 0.3) is 11.3 Å². The quantitative estimate of drug-likeness (QED) is 0.582. The minimum Gasteiger partial charge on any atom is -0.496 e. The first-order chi connectivity index (χ1) is 15.4. The molecule has 0 radical (unpaired) electrons. The Morgan fingerprint density at radius 2 is 1.97 bits per heavy atom. The minimum absolute atomic E-state index is 0.0151. The Morgan fingerprint density at radius 3 is 2.72 bits per heavy atom. The first kappa shape index (κ1) is 22.4. The summed E-state index contributed by atoms with van der Waals surface area (Å²) in [4.78, 5) is 17.4. The van der Waals surface area contributed by atoms with Gasteiger partial charge in [-0.05, 0) is 49.2 Å². The van der Waals surface area contributed by atoms with Crippen molar-refractivity contribution in [2.75, 3.05) is 25.5 Å². The van der Waals surface area contributed by atoms with E-state index < -0.39 is 21.8 Å². The summed E-state index contributed by atoms with van der Waals surface area (Å²) in [5, 5.41) is 5.09. The number of anilines is 1. The van der Waals surface area contributed by atoms with Crippen molar-refractivity contribution < 1.29 is 22.3 Å². The maximum atomic E-state index is 13.2. The number of thiazole rings is 1. The van der Waals surface area contributed by atoms with Gasteiger partial charge < -0.3 is 10.1 Å². The number of nitrogens with one attached hydrogen (secondary N) is 1. The fourth-order valence-electron chi connectivity index (χ4n) is 3.65. The first-order valence-electron chi connectivity index (χ1n) is 10.0. The Bertz CT molecular complexity index is 1210. The van der Waals surface area contributed by atoms with Crippen LogP contribution in [-0.4, -0.2) is 43.8 Å². The number of hydrogen-bond donors (Lipinski definition) is 1. The molecule has 2 heterocycles. The second kappa shape index (κ2) is 9.35. The molecule has 1 aliphatic rings. The monoisotopic (exact) mass is 475 g/mol. The predicted molar refractivity (Wildman–Crippen MR) is 121 cm³/mol. The fraction of sp³-hybridized carbons (Fsp3) is 0.273. The molecule has 7 nitrogen and oxygen atoms in total. The van der Waals surface area contributed by atoms with Gasteiger partial charge in [0.15, 0.2) is 5.13 Å². The molecule has 1 fully saturated rings. The molecule has 1 atom stereocenters. The summed E-state index contributed by atoms with van der Waals surface area (Å²) in [6, 6.07) is 12.2. The third-order valence-corrected chi connectivity index (χ3v) is 7.96. The van der Waals surface area contributed by atoms with Crippen LogP contribution in [0.15, 0.2) is 58.8 Å². The number of ether oxygens (including phenoxy) is 1. The standard InChI is InChI=1S/C22H22FN3O4S2/c1-30-20-7-3-2-6-18(20)19-14-31-22(24-19)25-21(27)15-5-4-12-26(13-15)32(28,29)17-10-8-16(23)9-11-17/h2-3,6-11,14-15H,4-5,12-13H2,1H3,(H,24,25,27). The highest BCUT2D eigenvalue weighted by molar-refractivity contribution is 7.89. The Labute approximate surface area is 189 Å². The van der Waals surface area contributed by atoms with E-state index in [-0.39, 0.29) is 17.3 Å². The van der Waals surface area contributed by atoms with E-state index in [4.69, 9.17) is 4.74 Å². The number of piperidine rings is 1. The highest BCUT2D eigenvalue weighted by atomic mass is 32.2. The molecular weight excluding hydrogens is 453 g/mol. The second-order valence-electron chi connectivity index (χ2n) is 7.38. The maximum absolute atomic E-state index is 13.2. The molecule has 0 aliphatic carbocycles. The number of rotatable bonds is 6. The van der Waals surface area contributed by atoms with Crippen molar-refractivity contribution in [3.05, 3.63) is 59.7 Å². The number of para-hydroxylation sites is 1. The van der Waals surface area contributed by atoms with E-state index in [1.165, 1.54) is 27.8 Å². The van der Waals surface area contributed by atoms with E-state index in [0.29, 0.717) is 36.0 Å². The number of benzene rings is 2. The van der Waals surface area contributed by atoms with Crippen LogP contribution < -0.4 is 10.1 Å². The molecule has 1 aliphatic heterocycles. The van der Waals surface area contributed by atoms with E-state index >= 15 is 0 Å². The van der Waals surface area contributed by atoms with E-state index in [1.807, 2.05) is 29.6 Å². The van der Waals surface area contributed by atoms with Crippen LogP contribution >= 0.6 is 11.3 Å². The lowest BCUT2D eigenvalue weighted by Gasteiger charge is -2.31. The summed E-state index contributed by atoms with van der Waals surface area (Å²) < 4.78 is 45.6. The summed E-state index contributed by atoms with van der Waals surface area (Å²) in [5.41, 5.74) is 1.51. The highest BCUT2D eigenvalue weighted by Gasteiger charge is 2.33. The van der Waals surface area contributed by atoms with E-state index in [2.05, 4.69) is 10.3 Å². The molecule has 2 aromatic carbocycles. The zero-order valence-electron chi connectivity index (χ0n) is 17.3. The third kappa shape index (κ3) is 4.67. The van der Waals surface area contributed by atoms with Crippen molar-refractivity contribution in [3.8, 4) is 17.0 Å². The molecule has 0 bridgehead atoms. The molecule has 0 saturated carbocycles. The zero-order valence-corrected chi connectivity index (χ0v) is 19.0. The van der Waals surface area contributed by atoms with E-state index in [0.717, 1.165) is 17.7 Å². The molecule has 1 aromatic heterocycles. The van der Waals surface area contributed by atoms with Crippen molar-refractivity contribution in [3.63, 3.8) is 0 Å². The first-order valence-corrected chi connectivity index (χ1v) is 12.4. The summed E-state index contributed by atoms with van der Waals surface area (Å²) >= 11 is 1.29. The van der Waals surface area contributed by atoms with Gasteiger partial charge in [0, 0.05) is 24.0 Å². The molecule has 10 heteroatoms. The summed E-state index contributed by atoms with van der Waals surface area (Å²) in [6.07, 6.45) is 1.13.